The number of hydrogen-bond donors (Lipinski definition) is 0. The predicted octanol–water partition coefficient (Wildman–Crippen LogP) is 2.82. The first kappa shape index (κ1) is 12.1. The van der Waals surface area contributed by atoms with Crippen LogP contribution in [0.5, 0.6) is 0 Å². The van der Waals surface area contributed by atoms with Crippen LogP contribution in [-0.2, 0) is 17.8 Å². The van der Waals surface area contributed by atoms with E-state index in [1.807, 2.05) is 26.1 Å². The van der Waals surface area contributed by atoms with Crippen LogP contribution in [0.25, 0.3) is 0 Å². The summed E-state index contributed by atoms with van der Waals surface area (Å²) < 4.78 is 4.94. The van der Waals surface area contributed by atoms with Crippen molar-refractivity contribution in [1.82, 2.24) is 4.98 Å². The number of pyridine rings is 1. The van der Waals surface area contributed by atoms with E-state index in [4.69, 9.17) is 4.74 Å². The normalized spacial score (nSPS) is 8.92. The molecule has 0 amide bonds. The number of rotatable bonds is 3. The minimum Gasteiger partial charge on any atom is -0.378 e. The quantitative estimate of drug-likeness (QED) is 0.715. The van der Waals surface area contributed by atoms with Gasteiger partial charge in [0.15, 0.2) is 0 Å². The fourth-order valence-electron chi connectivity index (χ4n) is 0.898. The van der Waals surface area contributed by atoms with E-state index >= 15 is 0 Å². The van der Waals surface area contributed by atoms with Gasteiger partial charge in [-0.3, -0.25) is 4.98 Å². The lowest BCUT2D eigenvalue weighted by atomic mass is 10.2. The fraction of sp³-hybridized carbons (Fsp3) is 0.545. The molecule has 0 unspecified atom stereocenters. The maximum atomic E-state index is 4.94. The average molecular weight is 181 g/mol. The zero-order valence-electron chi connectivity index (χ0n) is 9.00. The van der Waals surface area contributed by atoms with E-state index in [0.717, 1.165) is 12.1 Å². The van der Waals surface area contributed by atoms with Crippen LogP contribution >= 0.6 is 0 Å². The summed E-state index contributed by atoms with van der Waals surface area (Å²) >= 11 is 0. The molecule has 0 aliphatic rings. The second kappa shape index (κ2) is 7.74. The van der Waals surface area contributed by atoms with Crippen LogP contribution in [0.2, 0.25) is 0 Å². The Morgan fingerprint density at radius 1 is 1.31 bits per heavy atom. The van der Waals surface area contributed by atoms with Gasteiger partial charge in [0, 0.05) is 13.3 Å². The van der Waals surface area contributed by atoms with Gasteiger partial charge in [0.25, 0.3) is 0 Å². The zero-order chi connectivity index (χ0) is 10.1. The van der Waals surface area contributed by atoms with Crippen molar-refractivity contribution >= 4 is 0 Å². The molecular formula is C11H19NO. The summed E-state index contributed by atoms with van der Waals surface area (Å²) in [7, 11) is 1.68. The largest absolute Gasteiger partial charge is 0.378 e. The van der Waals surface area contributed by atoms with Crippen molar-refractivity contribution < 1.29 is 4.74 Å². The van der Waals surface area contributed by atoms with Gasteiger partial charge in [-0.15, -0.1) is 0 Å². The minimum atomic E-state index is 0.601. The second-order valence-corrected chi connectivity index (χ2v) is 2.44. The number of ether oxygens (including phenoxy) is 1. The fourth-order valence-corrected chi connectivity index (χ4v) is 0.898. The van der Waals surface area contributed by atoms with Gasteiger partial charge in [-0.05, 0) is 18.1 Å². The van der Waals surface area contributed by atoms with Gasteiger partial charge in [0.2, 0.25) is 0 Å². The maximum Gasteiger partial charge on any atom is 0.0884 e. The highest BCUT2D eigenvalue weighted by atomic mass is 16.5. The summed E-state index contributed by atoms with van der Waals surface area (Å²) in [6.45, 7) is 6.72. The van der Waals surface area contributed by atoms with Gasteiger partial charge < -0.3 is 4.74 Å². The SMILES string of the molecule is CC.CCc1ccc(COC)nc1. The molecule has 0 N–H and O–H groups in total. The van der Waals surface area contributed by atoms with E-state index in [2.05, 4.69) is 18.0 Å². The minimum absolute atomic E-state index is 0.601. The molecule has 0 aliphatic carbocycles. The third-order valence-electron chi connectivity index (χ3n) is 1.59. The molecule has 0 fully saturated rings. The lowest BCUT2D eigenvalue weighted by Crippen LogP contribution is -1.92. The van der Waals surface area contributed by atoms with Crippen LogP contribution < -0.4 is 0 Å². The monoisotopic (exact) mass is 181 g/mol. The molecule has 0 saturated heterocycles. The van der Waals surface area contributed by atoms with Gasteiger partial charge >= 0.3 is 0 Å². The number of aryl methyl sites for hydroxylation is 1. The van der Waals surface area contributed by atoms with Gasteiger partial charge in [-0.25, -0.2) is 0 Å². The third kappa shape index (κ3) is 4.63. The van der Waals surface area contributed by atoms with Crippen LogP contribution in [0.1, 0.15) is 32.0 Å². The Labute approximate surface area is 81.0 Å². The Morgan fingerprint density at radius 2 is 2.00 bits per heavy atom. The first-order chi connectivity index (χ1) is 6.36. The van der Waals surface area contributed by atoms with Crippen molar-refractivity contribution in [3.63, 3.8) is 0 Å². The molecule has 13 heavy (non-hydrogen) atoms. The number of methoxy groups -OCH3 is 1. The Kier molecular flexibility index (Phi) is 7.21. The van der Waals surface area contributed by atoms with Gasteiger partial charge in [0.1, 0.15) is 0 Å². The first-order valence-corrected chi connectivity index (χ1v) is 4.79. The molecule has 1 rings (SSSR count). The molecule has 2 heteroatoms. The third-order valence-corrected chi connectivity index (χ3v) is 1.59. The van der Waals surface area contributed by atoms with E-state index < -0.39 is 0 Å². The molecular weight excluding hydrogens is 162 g/mol. The van der Waals surface area contributed by atoms with Crippen LogP contribution in [-0.4, -0.2) is 12.1 Å². The first-order valence-electron chi connectivity index (χ1n) is 4.79. The maximum absolute atomic E-state index is 4.94. The molecule has 1 aromatic rings. The predicted molar refractivity (Wildman–Crippen MR) is 55.7 cm³/mol. The van der Waals surface area contributed by atoms with Crippen molar-refractivity contribution in [3.8, 4) is 0 Å². The van der Waals surface area contributed by atoms with E-state index in [-0.39, 0.29) is 0 Å². The van der Waals surface area contributed by atoms with E-state index in [9.17, 15) is 0 Å². The van der Waals surface area contributed by atoms with Crippen molar-refractivity contribution in [1.29, 1.82) is 0 Å². The van der Waals surface area contributed by atoms with Crippen LogP contribution in [0, 0.1) is 0 Å². The van der Waals surface area contributed by atoms with E-state index in [1.54, 1.807) is 7.11 Å². The molecule has 0 saturated carbocycles. The van der Waals surface area contributed by atoms with Crippen LogP contribution in [0.15, 0.2) is 18.3 Å². The summed E-state index contributed by atoms with van der Waals surface area (Å²) in [6.07, 6.45) is 2.94. The number of aromatic nitrogens is 1. The molecule has 0 bridgehead atoms. The van der Waals surface area contributed by atoms with Crippen molar-refractivity contribution in [2.45, 2.75) is 33.8 Å². The Bertz CT molecular complexity index is 206. The molecule has 0 atom stereocenters. The Hall–Kier alpha value is -0.890. The van der Waals surface area contributed by atoms with Crippen molar-refractivity contribution in [2.75, 3.05) is 7.11 Å². The van der Waals surface area contributed by atoms with Gasteiger partial charge in [0.05, 0.1) is 12.3 Å². The van der Waals surface area contributed by atoms with E-state index in [0.29, 0.717) is 6.61 Å². The summed E-state index contributed by atoms with van der Waals surface area (Å²) in [5.41, 5.74) is 2.26. The molecule has 1 heterocycles. The van der Waals surface area contributed by atoms with Crippen LogP contribution in [0.3, 0.4) is 0 Å². The topological polar surface area (TPSA) is 22.1 Å². The lowest BCUT2D eigenvalue weighted by molar-refractivity contribution is 0.181. The highest BCUT2D eigenvalue weighted by Crippen LogP contribution is 2.01. The smallest absolute Gasteiger partial charge is 0.0884 e. The molecule has 1 aromatic heterocycles. The molecule has 74 valence electrons. The summed E-state index contributed by atoms with van der Waals surface area (Å²) in [4.78, 5) is 4.21. The molecule has 0 spiro atoms. The Morgan fingerprint density at radius 3 is 2.38 bits per heavy atom. The van der Waals surface area contributed by atoms with Crippen molar-refractivity contribution in [3.05, 3.63) is 29.6 Å². The molecule has 0 radical (unpaired) electrons. The zero-order valence-corrected chi connectivity index (χ0v) is 9.00. The highest BCUT2D eigenvalue weighted by Gasteiger charge is 1.92. The summed E-state index contributed by atoms with van der Waals surface area (Å²) in [5.74, 6) is 0. The summed E-state index contributed by atoms with van der Waals surface area (Å²) in [6, 6.07) is 4.09. The van der Waals surface area contributed by atoms with Gasteiger partial charge in [-0.2, -0.15) is 0 Å². The Balaban J connectivity index is 0.000000671. The molecule has 0 aromatic carbocycles. The second-order valence-electron chi connectivity index (χ2n) is 2.44. The number of nitrogens with zero attached hydrogens (tertiary/aromatic N) is 1. The van der Waals surface area contributed by atoms with Gasteiger partial charge in [-0.1, -0.05) is 26.8 Å². The molecule has 2 nitrogen and oxygen atoms in total. The standard InChI is InChI=1S/C9H13NO.C2H6/c1-3-8-4-5-9(7-11-2)10-6-8;1-2/h4-6H,3,7H2,1-2H3;1-2H3. The lowest BCUT2D eigenvalue weighted by Gasteiger charge is -1.99. The molecule has 0 aliphatic heterocycles. The average Bonchev–Trinajstić information content (AvgIpc) is 2.23. The highest BCUT2D eigenvalue weighted by molar-refractivity contribution is 5.13. The van der Waals surface area contributed by atoms with E-state index in [1.165, 1.54) is 5.56 Å². The summed E-state index contributed by atoms with van der Waals surface area (Å²) in [5, 5.41) is 0. The van der Waals surface area contributed by atoms with Crippen molar-refractivity contribution in [2.24, 2.45) is 0 Å². The van der Waals surface area contributed by atoms with Crippen LogP contribution in [0.4, 0.5) is 0 Å². The number of hydrogen-bond acceptors (Lipinski definition) is 2.